The van der Waals surface area contributed by atoms with Crippen LogP contribution in [0.15, 0.2) is 76.1 Å². The lowest BCUT2D eigenvalue weighted by atomic mass is 9.96. The van der Waals surface area contributed by atoms with Crippen molar-refractivity contribution in [2.24, 2.45) is 0 Å². The van der Waals surface area contributed by atoms with E-state index >= 15 is 0 Å². The van der Waals surface area contributed by atoms with Crippen LogP contribution in [0.5, 0.6) is 0 Å². The number of nitrogens with zero attached hydrogens (tertiary/aromatic N) is 4. The molecule has 0 atom stereocenters. The van der Waals surface area contributed by atoms with E-state index in [4.69, 9.17) is 9.40 Å². The highest BCUT2D eigenvalue weighted by Crippen LogP contribution is 2.30. The van der Waals surface area contributed by atoms with Crippen molar-refractivity contribution in [1.82, 2.24) is 30.6 Å². The number of aromatic amines is 2. The highest BCUT2D eigenvalue weighted by molar-refractivity contribution is 5.80. The standard InChI is InChI=1S/C26H24N6O2/c1-2-3-9-22-21(26(33)28-25(27-22)23-10-6-15-34-23)16-17-11-13-18(14-12-17)19-7-4-5-8-20(19)24-29-31-32-30-24/h4-8,10-15H,2-3,9,16H2,1H3,(H,27,28,33)(H,29,30,31,32). The SMILES string of the molecule is CCCCc1nc(-c2ccco2)[nH]c(=O)c1Cc1ccc(-c2ccccc2-c2nn[nH]n2)cc1. The summed E-state index contributed by atoms with van der Waals surface area (Å²) in [6, 6.07) is 19.7. The van der Waals surface area contributed by atoms with Gasteiger partial charge in [0.15, 0.2) is 11.6 Å². The van der Waals surface area contributed by atoms with Crippen LogP contribution in [0.1, 0.15) is 36.6 Å². The lowest BCUT2D eigenvalue weighted by Crippen LogP contribution is -2.19. The van der Waals surface area contributed by atoms with Crippen LogP contribution in [0, 0.1) is 0 Å². The number of hydrogen-bond acceptors (Lipinski definition) is 6. The first-order chi connectivity index (χ1) is 16.7. The number of nitrogens with one attached hydrogen (secondary N) is 2. The molecule has 0 bridgehead atoms. The first-order valence-electron chi connectivity index (χ1n) is 11.3. The highest BCUT2D eigenvalue weighted by Gasteiger charge is 2.15. The van der Waals surface area contributed by atoms with Crippen molar-refractivity contribution in [1.29, 1.82) is 0 Å². The van der Waals surface area contributed by atoms with Crippen LogP contribution in [0.3, 0.4) is 0 Å². The van der Waals surface area contributed by atoms with E-state index in [1.807, 2.05) is 36.4 Å². The number of unbranched alkanes of at least 4 members (excludes halogenated alkanes) is 1. The molecule has 0 radical (unpaired) electrons. The fourth-order valence-electron chi connectivity index (χ4n) is 4.02. The van der Waals surface area contributed by atoms with Crippen LogP contribution >= 0.6 is 0 Å². The summed E-state index contributed by atoms with van der Waals surface area (Å²) in [5.74, 6) is 1.58. The molecular formula is C26H24N6O2. The Morgan fingerprint density at radius 3 is 2.50 bits per heavy atom. The predicted octanol–water partition coefficient (Wildman–Crippen LogP) is 4.81. The third-order valence-corrected chi connectivity index (χ3v) is 5.78. The van der Waals surface area contributed by atoms with Crippen LogP contribution in [-0.2, 0) is 12.8 Å². The van der Waals surface area contributed by atoms with Gasteiger partial charge in [0.05, 0.1) is 12.0 Å². The Morgan fingerprint density at radius 2 is 1.79 bits per heavy atom. The maximum absolute atomic E-state index is 13.0. The van der Waals surface area contributed by atoms with E-state index in [-0.39, 0.29) is 5.56 Å². The molecule has 0 saturated carbocycles. The van der Waals surface area contributed by atoms with Gasteiger partial charge in [0.1, 0.15) is 0 Å². The van der Waals surface area contributed by atoms with Gasteiger partial charge in [-0.3, -0.25) is 4.79 Å². The van der Waals surface area contributed by atoms with Gasteiger partial charge in [-0.25, -0.2) is 4.98 Å². The topological polar surface area (TPSA) is 113 Å². The maximum Gasteiger partial charge on any atom is 0.255 e. The van der Waals surface area contributed by atoms with Crippen LogP contribution in [0.4, 0.5) is 0 Å². The fraction of sp³-hybridized carbons (Fsp3) is 0.192. The Labute approximate surface area is 196 Å². The molecule has 170 valence electrons. The van der Waals surface area contributed by atoms with Gasteiger partial charge in [0, 0.05) is 17.5 Å². The molecule has 5 aromatic rings. The molecule has 2 aromatic carbocycles. The van der Waals surface area contributed by atoms with Crippen molar-refractivity contribution in [3.8, 4) is 34.1 Å². The number of hydrogen-bond donors (Lipinski definition) is 2. The fourth-order valence-corrected chi connectivity index (χ4v) is 4.02. The van der Waals surface area contributed by atoms with E-state index in [2.05, 4.69) is 44.7 Å². The minimum Gasteiger partial charge on any atom is -0.461 e. The second kappa shape index (κ2) is 9.66. The van der Waals surface area contributed by atoms with Crippen LogP contribution in [-0.4, -0.2) is 30.6 Å². The molecule has 0 saturated heterocycles. The van der Waals surface area contributed by atoms with E-state index in [0.717, 1.165) is 47.2 Å². The van der Waals surface area contributed by atoms with Gasteiger partial charge in [-0.05, 0) is 46.9 Å². The van der Waals surface area contributed by atoms with Gasteiger partial charge in [-0.1, -0.05) is 61.9 Å². The van der Waals surface area contributed by atoms with E-state index in [9.17, 15) is 4.79 Å². The highest BCUT2D eigenvalue weighted by atomic mass is 16.3. The largest absolute Gasteiger partial charge is 0.461 e. The molecule has 0 aliphatic rings. The van der Waals surface area contributed by atoms with E-state index in [1.165, 1.54) is 0 Å². The summed E-state index contributed by atoms with van der Waals surface area (Å²) in [5, 5.41) is 14.4. The molecule has 0 amide bonds. The van der Waals surface area contributed by atoms with Gasteiger partial charge in [0.2, 0.25) is 5.82 Å². The predicted molar refractivity (Wildman–Crippen MR) is 129 cm³/mol. The Bertz CT molecular complexity index is 1420. The lowest BCUT2D eigenvalue weighted by molar-refractivity contribution is 0.575. The zero-order valence-corrected chi connectivity index (χ0v) is 18.8. The molecule has 3 heterocycles. The van der Waals surface area contributed by atoms with Gasteiger partial charge in [-0.2, -0.15) is 5.21 Å². The number of aryl methyl sites for hydroxylation is 1. The Kier molecular flexibility index (Phi) is 6.11. The number of tetrazole rings is 1. The molecular weight excluding hydrogens is 428 g/mol. The van der Waals surface area contributed by atoms with Crippen molar-refractivity contribution < 1.29 is 4.42 Å². The zero-order chi connectivity index (χ0) is 23.3. The third kappa shape index (κ3) is 4.43. The third-order valence-electron chi connectivity index (χ3n) is 5.78. The first kappa shape index (κ1) is 21.5. The minimum atomic E-state index is -0.126. The number of furan rings is 1. The number of H-pyrrole nitrogens is 2. The monoisotopic (exact) mass is 452 g/mol. The molecule has 0 aliphatic carbocycles. The Balaban J connectivity index is 1.45. The average molecular weight is 453 g/mol. The van der Waals surface area contributed by atoms with Crippen molar-refractivity contribution >= 4 is 0 Å². The first-order valence-corrected chi connectivity index (χ1v) is 11.3. The summed E-state index contributed by atoms with van der Waals surface area (Å²) < 4.78 is 5.44. The summed E-state index contributed by atoms with van der Waals surface area (Å²) in [6.45, 7) is 2.13. The number of benzene rings is 2. The van der Waals surface area contributed by atoms with Crippen molar-refractivity contribution in [2.75, 3.05) is 0 Å². The van der Waals surface area contributed by atoms with Gasteiger partial charge < -0.3 is 9.40 Å². The summed E-state index contributed by atoms with van der Waals surface area (Å²) in [7, 11) is 0. The normalized spacial score (nSPS) is 11.1. The summed E-state index contributed by atoms with van der Waals surface area (Å²) in [4.78, 5) is 20.7. The molecule has 0 fully saturated rings. The second-order valence-corrected chi connectivity index (χ2v) is 8.08. The number of rotatable bonds is 8. The molecule has 5 rings (SSSR count). The summed E-state index contributed by atoms with van der Waals surface area (Å²) in [5.41, 5.74) is 5.39. The summed E-state index contributed by atoms with van der Waals surface area (Å²) >= 11 is 0. The molecule has 8 nitrogen and oxygen atoms in total. The quantitative estimate of drug-likeness (QED) is 0.349. The van der Waals surface area contributed by atoms with Gasteiger partial charge >= 0.3 is 0 Å². The minimum absolute atomic E-state index is 0.126. The van der Waals surface area contributed by atoms with E-state index in [1.54, 1.807) is 18.4 Å². The maximum atomic E-state index is 13.0. The second-order valence-electron chi connectivity index (χ2n) is 8.08. The van der Waals surface area contributed by atoms with E-state index < -0.39 is 0 Å². The van der Waals surface area contributed by atoms with Crippen LogP contribution in [0.2, 0.25) is 0 Å². The molecule has 8 heteroatoms. The van der Waals surface area contributed by atoms with Gasteiger partial charge in [-0.15, -0.1) is 10.2 Å². The van der Waals surface area contributed by atoms with Crippen molar-refractivity contribution in [3.05, 3.63) is 94.1 Å². The lowest BCUT2D eigenvalue weighted by Gasteiger charge is -2.11. The summed E-state index contributed by atoms with van der Waals surface area (Å²) in [6.07, 6.45) is 4.82. The molecule has 0 spiro atoms. The van der Waals surface area contributed by atoms with Crippen molar-refractivity contribution in [2.45, 2.75) is 32.6 Å². The zero-order valence-electron chi connectivity index (χ0n) is 18.8. The molecule has 3 aromatic heterocycles. The molecule has 34 heavy (non-hydrogen) atoms. The Hall–Kier alpha value is -4.33. The van der Waals surface area contributed by atoms with Crippen molar-refractivity contribution in [3.63, 3.8) is 0 Å². The molecule has 0 aliphatic heterocycles. The van der Waals surface area contributed by atoms with Crippen LogP contribution in [0.25, 0.3) is 34.1 Å². The Morgan fingerprint density at radius 1 is 0.971 bits per heavy atom. The molecule has 0 unspecified atom stereocenters. The van der Waals surface area contributed by atoms with Crippen LogP contribution < -0.4 is 5.56 Å². The van der Waals surface area contributed by atoms with Gasteiger partial charge in [0.25, 0.3) is 5.56 Å². The number of aromatic nitrogens is 6. The smallest absolute Gasteiger partial charge is 0.255 e. The van der Waals surface area contributed by atoms with E-state index in [0.29, 0.717) is 29.4 Å². The molecule has 2 N–H and O–H groups in total. The average Bonchev–Trinajstić information content (AvgIpc) is 3.60.